The van der Waals surface area contributed by atoms with E-state index in [2.05, 4.69) is 58.5 Å². The largest absolute Gasteiger partial charge is 0.493 e. The highest BCUT2D eigenvalue weighted by atomic mass is 127. The number of hydrogen-bond donors (Lipinski definition) is 1. The van der Waals surface area contributed by atoms with Crippen molar-refractivity contribution in [2.24, 2.45) is 4.99 Å². The molecule has 1 aliphatic rings. The first-order valence-electron chi connectivity index (χ1n) is 10.5. The molecule has 31 heavy (non-hydrogen) atoms. The smallest absolute Gasteiger partial charge is 0.194 e. The number of hydrogen-bond acceptors (Lipinski definition) is 4. The summed E-state index contributed by atoms with van der Waals surface area (Å²) in [4.78, 5) is 6.77. The Balaban J connectivity index is 0.00000341. The van der Waals surface area contributed by atoms with Crippen LogP contribution < -0.4 is 10.1 Å². The Morgan fingerprint density at radius 3 is 2.81 bits per heavy atom. The van der Waals surface area contributed by atoms with Crippen molar-refractivity contribution in [3.8, 4) is 5.75 Å². The number of nitrogens with one attached hydrogen (secondary N) is 1. The van der Waals surface area contributed by atoms with Crippen LogP contribution in [0.4, 0.5) is 0 Å². The molecule has 0 bridgehead atoms. The third-order valence-corrected chi connectivity index (χ3v) is 5.22. The summed E-state index contributed by atoms with van der Waals surface area (Å²) in [6.07, 6.45) is 0.937. The van der Waals surface area contributed by atoms with E-state index >= 15 is 0 Å². The Morgan fingerprint density at radius 2 is 2.03 bits per heavy atom. The lowest BCUT2D eigenvalue weighted by atomic mass is 10.0. The molecule has 170 valence electrons. The molecule has 6 nitrogen and oxygen atoms in total. The number of guanidine groups is 1. The number of halogens is 1. The highest BCUT2D eigenvalue weighted by Crippen LogP contribution is 2.25. The molecule has 0 saturated carbocycles. The maximum atomic E-state index is 6.05. The first-order chi connectivity index (χ1) is 14.7. The van der Waals surface area contributed by atoms with E-state index in [1.165, 1.54) is 11.1 Å². The van der Waals surface area contributed by atoms with Crippen LogP contribution in [0.25, 0.3) is 0 Å². The normalized spacial score (nSPS) is 16.5. The molecule has 0 radical (unpaired) electrons. The molecule has 0 spiro atoms. The fourth-order valence-electron chi connectivity index (χ4n) is 3.63. The predicted octanol–water partition coefficient (Wildman–Crippen LogP) is 4.18. The van der Waals surface area contributed by atoms with E-state index in [1.807, 2.05) is 19.2 Å². The van der Waals surface area contributed by atoms with Crippen LogP contribution in [0, 0.1) is 6.92 Å². The van der Waals surface area contributed by atoms with Crippen molar-refractivity contribution in [3.63, 3.8) is 0 Å². The van der Waals surface area contributed by atoms with E-state index < -0.39 is 0 Å². The zero-order valence-corrected chi connectivity index (χ0v) is 21.0. The molecule has 1 unspecified atom stereocenters. The molecule has 1 atom stereocenters. The number of aryl methyl sites for hydroxylation is 1. The second kappa shape index (κ2) is 13.5. The zero-order valence-electron chi connectivity index (χ0n) is 18.7. The standard InChI is InChI=1S/C24H33N3O3.HI/c1-19-8-4-5-11-22(19)23-18-27(12-15-30-23)24(25-2)26-17-20-9-6-10-21(16-20)29-14-7-13-28-3;/h4-6,8-11,16,23H,7,12-15,17-18H2,1-3H3,(H,25,26);1H. The lowest BCUT2D eigenvalue weighted by Gasteiger charge is -2.35. The van der Waals surface area contributed by atoms with Gasteiger partial charge in [-0.2, -0.15) is 0 Å². The first-order valence-corrected chi connectivity index (χ1v) is 10.5. The topological polar surface area (TPSA) is 55.3 Å². The average molecular weight is 539 g/mol. The quantitative estimate of drug-likeness (QED) is 0.236. The van der Waals surface area contributed by atoms with Gasteiger partial charge in [0.05, 0.1) is 19.8 Å². The van der Waals surface area contributed by atoms with Crippen molar-refractivity contribution >= 4 is 29.9 Å². The van der Waals surface area contributed by atoms with Crippen LogP contribution in [0.5, 0.6) is 5.75 Å². The van der Waals surface area contributed by atoms with Gasteiger partial charge in [0.25, 0.3) is 0 Å². The van der Waals surface area contributed by atoms with Crippen LogP contribution in [0.2, 0.25) is 0 Å². The van der Waals surface area contributed by atoms with Gasteiger partial charge in [0, 0.05) is 40.3 Å². The lowest BCUT2D eigenvalue weighted by Crippen LogP contribution is -2.48. The fraction of sp³-hybridized carbons (Fsp3) is 0.458. The maximum absolute atomic E-state index is 6.05. The second-order valence-corrected chi connectivity index (χ2v) is 7.41. The molecule has 0 amide bonds. The molecule has 1 fully saturated rings. The molecule has 0 aliphatic carbocycles. The molecule has 1 aliphatic heterocycles. The van der Waals surface area contributed by atoms with Gasteiger partial charge in [-0.05, 0) is 35.7 Å². The number of aliphatic imine (C=N–C) groups is 1. The predicted molar refractivity (Wildman–Crippen MR) is 135 cm³/mol. The number of ether oxygens (including phenoxy) is 3. The van der Waals surface area contributed by atoms with Crippen molar-refractivity contribution in [1.82, 2.24) is 10.2 Å². The van der Waals surface area contributed by atoms with Gasteiger partial charge in [-0.1, -0.05) is 36.4 Å². The molecule has 1 saturated heterocycles. The summed E-state index contributed by atoms with van der Waals surface area (Å²) in [7, 11) is 3.53. The summed E-state index contributed by atoms with van der Waals surface area (Å²) in [6, 6.07) is 16.6. The molecule has 1 heterocycles. The maximum Gasteiger partial charge on any atom is 0.194 e. The van der Waals surface area contributed by atoms with Gasteiger partial charge in [0.15, 0.2) is 5.96 Å². The highest BCUT2D eigenvalue weighted by Gasteiger charge is 2.25. The second-order valence-electron chi connectivity index (χ2n) is 7.41. The minimum Gasteiger partial charge on any atom is -0.493 e. The van der Waals surface area contributed by atoms with E-state index in [9.17, 15) is 0 Å². The lowest BCUT2D eigenvalue weighted by molar-refractivity contribution is -0.00833. The Kier molecular flexibility index (Phi) is 11.1. The average Bonchev–Trinajstić information content (AvgIpc) is 2.78. The van der Waals surface area contributed by atoms with E-state index in [4.69, 9.17) is 14.2 Å². The summed E-state index contributed by atoms with van der Waals surface area (Å²) in [5.41, 5.74) is 3.66. The van der Waals surface area contributed by atoms with E-state index in [0.29, 0.717) is 26.4 Å². The SMILES string of the molecule is CN=C(NCc1cccc(OCCCOC)c1)N1CCOC(c2ccccc2C)C1.I. The van der Waals surface area contributed by atoms with E-state index in [-0.39, 0.29) is 30.1 Å². The van der Waals surface area contributed by atoms with Gasteiger partial charge in [0.1, 0.15) is 11.9 Å². The summed E-state index contributed by atoms with van der Waals surface area (Å²) >= 11 is 0. The summed E-state index contributed by atoms with van der Waals surface area (Å²) in [6.45, 7) is 6.48. The number of nitrogens with zero attached hydrogens (tertiary/aromatic N) is 2. The first kappa shape index (κ1) is 25.4. The third kappa shape index (κ3) is 7.66. The van der Waals surface area contributed by atoms with Gasteiger partial charge < -0.3 is 24.4 Å². The number of morpholine rings is 1. The van der Waals surface area contributed by atoms with Crippen molar-refractivity contribution < 1.29 is 14.2 Å². The molecular formula is C24H34IN3O3. The Bertz CT molecular complexity index is 831. The van der Waals surface area contributed by atoms with Crippen LogP contribution in [-0.2, 0) is 16.0 Å². The Labute approximate surface area is 203 Å². The summed E-state index contributed by atoms with van der Waals surface area (Å²) < 4.78 is 16.9. The van der Waals surface area contributed by atoms with Crippen LogP contribution in [0.3, 0.4) is 0 Å². The van der Waals surface area contributed by atoms with Crippen LogP contribution in [-0.4, -0.2) is 57.9 Å². The number of methoxy groups -OCH3 is 1. The summed E-state index contributed by atoms with van der Waals surface area (Å²) in [5, 5.41) is 3.49. The highest BCUT2D eigenvalue weighted by molar-refractivity contribution is 14.0. The van der Waals surface area contributed by atoms with Crippen LogP contribution in [0.1, 0.15) is 29.2 Å². The van der Waals surface area contributed by atoms with Crippen molar-refractivity contribution in [2.45, 2.75) is 26.0 Å². The Morgan fingerprint density at radius 1 is 1.19 bits per heavy atom. The van der Waals surface area contributed by atoms with Gasteiger partial charge in [-0.25, -0.2) is 0 Å². The summed E-state index contributed by atoms with van der Waals surface area (Å²) in [5.74, 6) is 1.77. The molecule has 1 N–H and O–H groups in total. The van der Waals surface area contributed by atoms with E-state index in [0.717, 1.165) is 36.8 Å². The van der Waals surface area contributed by atoms with Gasteiger partial charge >= 0.3 is 0 Å². The molecule has 7 heteroatoms. The van der Waals surface area contributed by atoms with Crippen molar-refractivity contribution in [1.29, 1.82) is 0 Å². The van der Waals surface area contributed by atoms with Gasteiger partial charge in [0.2, 0.25) is 0 Å². The van der Waals surface area contributed by atoms with Crippen LogP contribution >= 0.6 is 24.0 Å². The molecular weight excluding hydrogens is 505 g/mol. The number of rotatable bonds is 8. The molecule has 0 aromatic heterocycles. The van der Waals surface area contributed by atoms with Crippen molar-refractivity contribution in [2.75, 3.05) is 47.1 Å². The van der Waals surface area contributed by atoms with Crippen molar-refractivity contribution in [3.05, 3.63) is 65.2 Å². The van der Waals surface area contributed by atoms with E-state index in [1.54, 1.807) is 7.11 Å². The molecule has 3 rings (SSSR count). The third-order valence-electron chi connectivity index (χ3n) is 5.22. The van der Waals surface area contributed by atoms with Gasteiger partial charge in [-0.15, -0.1) is 24.0 Å². The Hall–Kier alpha value is -1.84. The number of benzene rings is 2. The molecule has 2 aromatic rings. The monoisotopic (exact) mass is 539 g/mol. The van der Waals surface area contributed by atoms with Crippen LogP contribution in [0.15, 0.2) is 53.5 Å². The van der Waals surface area contributed by atoms with Gasteiger partial charge in [-0.3, -0.25) is 4.99 Å². The zero-order chi connectivity index (χ0) is 21.2. The minimum atomic E-state index is 0. The molecule has 2 aromatic carbocycles. The minimum absolute atomic E-state index is 0. The fourth-order valence-corrected chi connectivity index (χ4v) is 3.63.